The Morgan fingerprint density at radius 3 is 2.70 bits per heavy atom. The van der Waals surface area contributed by atoms with Crippen molar-refractivity contribution >= 4 is 11.7 Å². The smallest absolute Gasteiger partial charge is 0.255 e. The minimum absolute atomic E-state index is 0.0178. The van der Waals surface area contributed by atoms with E-state index >= 15 is 0 Å². The second kappa shape index (κ2) is 5.23. The first-order valence-electron chi connectivity index (χ1n) is 7.19. The summed E-state index contributed by atoms with van der Waals surface area (Å²) in [4.78, 5) is 39.9. The number of aromatic amines is 1. The first-order chi connectivity index (χ1) is 9.66. The lowest BCUT2D eigenvalue weighted by Crippen LogP contribution is -2.41. The van der Waals surface area contributed by atoms with E-state index in [1.54, 1.807) is 6.07 Å². The third-order valence-corrected chi connectivity index (χ3v) is 4.41. The van der Waals surface area contributed by atoms with Crippen LogP contribution < -0.4 is 5.56 Å². The van der Waals surface area contributed by atoms with Crippen molar-refractivity contribution in [1.29, 1.82) is 0 Å². The van der Waals surface area contributed by atoms with Gasteiger partial charge in [-0.25, -0.2) is 0 Å². The number of likely N-dealkylation sites (tertiary alicyclic amines) is 1. The first kappa shape index (κ1) is 13.1. The van der Waals surface area contributed by atoms with Crippen LogP contribution in [0.15, 0.2) is 23.1 Å². The lowest BCUT2D eigenvalue weighted by atomic mass is 9.95. The van der Waals surface area contributed by atoms with Crippen molar-refractivity contribution in [2.24, 2.45) is 5.92 Å². The molecule has 1 aliphatic carbocycles. The molecule has 106 valence electrons. The number of amides is 1. The molecule has 2 heterocycles. The Hall–Kier alpha value is -1.91. The van der Waals surface area contributed by atoms with Crippen molar-refractivity contribution < 1.29 is 9.59 Å². The van der Waals surface area contributed by atoms with Crippen molar-refractivity contribution in [2.75, 3.05) is 6.54 Å². The number of aromatic nitrogens is 1. The molecule has 5 heteroatoms. The Kier molecular flexibility index (Phi) is 3.42. The van der Waals surface area contributed by atoms with Crippen LogP contribution in [0.3, 0.4) is 0 Å². The van der Waals surface area contributed by atoms with E-state index in [0.717, 1.165) is 25.7 Å². The molecule has 1 saturated carbocycles. The molecular weight excluding hydrogens is 256 g/mol. The second-order valence-corrected chi connectivity index (χ2v) is 5.61. The number of hydrogen-bond donors (Lipinski definition) is 1. The van der Waals surface area contributed by atoms with Crippen LogP contribution in [0.2, 0.25) is 0 Å². The summed E-state index contributed by atoms with van der Waals surface area (Å²) < 4.78 is 0. The fourth-order valence-corrected chi connectivity index (χ4v) is 3.42. The van der Waals surface area contributed by atoms with Gasteiger partial charge in [0.2, 0.25) is 5.56 Å². The molecule has 3 rings (SSSR count). The molecule has 0 spiro atoms. The summed E-state index contributed by atoms with van der Waals surface area (Å²) >= 11 is 0. The van der Waals surface area contributed by atoms with Gasteiger partial charge < -0.3 is 9.88 Å². The molecule has 0 aromatic carbocycles. The van der Waals surface area contributed by atoms with E-state index in [-0.39, 0.29) is 23.4 Å². The van der Waals surface area contributed by atoms with Gasteiger partial charge in [0.1, 0.15) is 5.78 Å². The number of carbonyl (C=O) groups is 2. The van der Waals surface area contributed by atoms with Crippen LogP contribution in [0.25, 0.3) is 0 Å². The molecule has 1 aliphatic heterocycles. The summed E-state index contributed by atoms with van der Waals surface area (Å²) in [7, 11) is 0. The zero-order valence-electron chi connectivity index (χ0n) is 11.3. The number of nitrogens with one attached hydrogen (secondary N) is 1. The molecule has 0 radical (unpaired) electrons. The van der Waals surface area contributed by atoms with Gasteiger partial charge in [0.05, 0.1) is 5.56 Å². The van der Waals surface area contributed by atoms with Crippen LogP contribution in [0.1, 0.15) is 42.5 Å². The number of rotatable bonds is 2. The van der Waals surface area contributed by atoms with Crippen molar-refractivity contribution in [1.82, 2.24) is 9.88 Å². The Labute approximate surface area is 117 Å². The monoisotopic (exact) mass is 274 g/mol. The normalized spacial score (nSPS) is 26.2. The lowest BCUT2D eigenvalue weighted by Gasteiger charge is -2.28. The van der Waals surface area contributed by atoms with Gasteiger partial charge in [0, 0.05) is 37.2 Å². The second-order valence-electron chi connectivity index (χ2n) is 5.61. The molecule has 0 bridgehead atoms. The van der Waals surface area contributed by atoms with Crippen molar-refractivity contribution in [3.05, 3.63) is 34.2 Å². The maximum absolute atomic E-state index is 12.5. The highest BCUT2D eigenvalue weighted by Crippen LogP contribution is 2.33. The Bertz CT molecular complexity index is 573. The van der Waals surface area contributed by atoms with Crippen LogP contribution >= 0.6 is 0 Å². The summed E-state index contributed by atoms with van der Waals surface area (Å²) in [6, 6.07) is 2.95. The van der Waals surface area contributed by atoms with Crippen molar-refractivity contribution in [3.8, 4) is 0 Å². The summed E-state index contributed by atoms with van der Waals surface area (Å²) in [5, 5.41) is 0. The van der Waals surface area contributed by atoms with Crippen molar-refractivity contribution in [3.63, 3.8) is 0 Å². The predicted octanol–water partition coefficient (Wildman–Crippen LogP) is 1.35. The van der Waals surface area contributed by atoms with Gasteiger partial charge in [-0.2, -0.15) is 0 Å². The van der Waals surface area contributed by atoms with E-state index in [2.05, 4.69) is 4.98 Å². The molecule has 20 heavy (non-hydrogen) atoms. The van der Waals surface area contributed by atoms with Gasteiger partial charge in [0.25, 0.3) is 5.91 Å². The highest BCUT2D eigenvalue weighted by Gasteiger charge is 2.40. The van der Waals surface area contributed by atoms with Crippen LogP contribution in [0.5, 0.6) is 0 Å². The number of H-pyrrole nitrogens is 1. The zero-order chi connectivity index (χ0) is 14.1. The minimum atomic E-state index is -0.217. The number of Topliss-reactive ketones (excluding diaryl/α,β-unsaturated/α-hetero) is 1. The third kappa shape index (κ3) is 2.28. The highest BCUT2D eigenvalue weighted by molar-refractivity contribution is 5.95. The molecule has 2 fully saturated rings. The van der Waals surface area contributed by atoms with Gasteiger partial charge in [-0.1, -0.05) is 0 Å². The van der Waals surface area contributed by atoms with E-state index in [0.29, 0.717) is 24.3 Å². The molecule has 1 N–H and O–H groups in total. The molecule has 1 aromatic rings. The fourth-order valence-electron chi connectivity index (χ4n) is 3.42. The Morgan fingerprint density at radius 2 is 2.05 bits per heavy atom. The van der Waals surface area contributed by atoms with Gasteiger partial charge in [0.15, 0.2) is 0 Å². The predicted molar refractivity (Wildman–Crippen MR) is 73.5 cm³/mol. The maximum atomic E-state index is 12.5. The van der Waals surface area contributed by atoms with Gasteiger partial charge >= 0.3 is 0 Å². The fraction of sp³-hybridized carbons (Fsp3) is 0.533. The summed E-state index contributed by atoms with van der Waals surface area (Å²) in [5.41, 5.74) is 0.271. The molecule has 5 nitrogen and oxygen atoms in total. The van der Waals surface area contributed by atoms with Crippen LogP contribution in [0, 0.1) is 5.92 Å². The van der Waals surface area contributed by atoms with Gasteiger partial charge in [-0.3, -0.25) is 14.4 Å². The van der Waals surface area contributed by atoms with E-state index < -0.39 is 0 Å². The first-order valence-corrected chi connectivity index (χ1v) is 7.19. The van der Waals surface area contributed by atoms with Gasteiger partial charge in [-0.05, 0) is 31.7 Å². The lowest BCUT2D eigenvalue weighted by molar-refractivity contribution is -0.121. The number of carbonyl (C=O) groups excluding carboxylic acids is 2. The largest absolute Gasteiger partial charge is 0.335 e. The van der Waals surface area contributed by atoms with Crippen LogP contribution in [0.4, 0.5) is 0 Å². The van der Waals surface area contributed by atoms with Crippen molar-refractivity contribution in [2.45, 2.75) is 38.1 Å². The quantitative estimate of drug-likeness (QED) is 0.885. The number of hydrogen-bond acceptors (Lipinski definition) is 3. The minimum Gasteiger partial charge on any atom is -0.335 e. The number of nitrogens with zero attached hydrogens (tertiary/aromatic N) is 1. The molecule has 1 saturated heterocycles. The average Bonchev–Trinajstić information content (AvgIpc) is 3.07. The summed E-state index contributed by atoms with van der Waals surface area (Å²) in [6.07, 6.45) is 5.81. The number of pyridine rings is 1. The standard InChI is InChI=1S/C15H18N2O3/c18-13-5-1-3-11(13)12-4-2-8-17(12)15(20)10-6-7-14(19)16-9-10/h6-7,9,11-12H,1-5,8H2,(H,16,19). The highest BCUT2D eigenvalue weighted by atomic mass is 16.2. The van der Waals surface area contributed by atoms with E-state index in [9.17, 15) is 14.4 Å². The van der Waals surface area contributed by atoms with Crippen LogP contribution in [-0.2, 0) is 4.79 Å². The van der Waals surface area contributed by atoms with Crippen LogP contribution in [-0.4, -0.2) is 34.2 Å². The zero-order valence-corrected chi connectivity index (χ0v) is 11.3. The van der Waals surface area contributed by atoms with E-state index in [1.807, 2.05) is 4.90 Å². The average molecular weight is 274 g/mol. The molecule has 2 atom stereocenters. The summed E-state index contributed by atoms with van der Waals surface area (Å²) in [5.74, 6) is 0.240. The number of ketones is 1. The maximum Gasteiger partial charge on any atom is 0.255 e. The van der Waals surface area contributed by atoms with Gasteiger partial charge in [-0.15, -0.1) is 0 Å². The third-order valence-electron chi connectivity index (χ3n) is 4.41. The Morgan fingerprint density at radius 1 is 1.20 bits per heavy atom. The topological polar surface area (TPSA) is 70.2 Å². The Balaban J connectivity index is 1.81. The SMILES string of the molecule is O=C1CCCC1C1CCCN1C(=O)c1ccc(=O)[nH]c1. The molecule has 1 amide bonds. The molecule has 2 aliphatic rings. The molecular formula is C15H18N2O3. The van der Waals surface area contributed by atoms with E-state index in [4.69, 9.17) is 0 Å². The molecule has 2 unspecified atom stereocenters. The van der Waals surface area contributed by atoms with E-state index in [1.165, 1.54) is 12.3 Å². The molecule has 1 aromatic heterocycles. The summed E-state index contributed by atoms with van der Waals surface area (Å²) in [6.45, 7) is 0.701.